The van der Waals surface area contributed by atoms with Crippen LogP contribution in [0, 0.1) is 22.0 Å². The van der Waals surface area contributed by atoms with Gasteiger partial charge in [-0.25, -0.2) is 0 Å². The summed E-state index contributed by atoms with van der Waals surface area (Å²) in [6.45, 7) is 8.00. The Labute approximate surface area is 89.9 Å². The minimum Gasteiger partial charge on any atom is -0.348 e. The van der Waals surface area contributed by atoms with Crippen molar-refractivity contribution in [2.75, 3.05) is 13.2 Å². The second-order valence-electron chi connectivity index (χ2n) is 4.79. The molecule has 0 aromatic rings. The van der Waals surface area contributed by atoms with E-state index in [4.69, 9.17) is 9.47 Å². The van der Waals surface area contributed by atoms with Crippen molar-refractivity contribution in [3.8, 4) is 0 Å². The lowest BCUT2D eigenvalue weighted by Gasteiger charge is -2.24. The fourth-order valence-electron chi connectivity index (χ4n) is 1.86. The van der Waals surface area contributed by atoms with Gasteiger partial charge in [-0.3, -0.25) is 10.1 Å². The minimum atomic E-state index is -0.603. The predicted octanol–water partition coefficient (Wildman–Crippen LogP) is 1.69. The number of ether oxygens (including phenoxy) is 2. The van der Waals surface area contributed by atoms with Crippen LogP contribution in [0.4, 0.5) is 0 Å². The van der Waals surface area contributed by atoms with Crippen molar-refractivity contribution in [2.45, 2.75) is 39.6 Å². The molecule has 5 heteroatoms. The Hall–Kier alpha value is -0.680. The van der Waals surface area contributed by atoms with Crippen LogP contribution >= 0.6 is 0 Å². The van der Waals surface area contributed by atoms with Gasteiger partial charge in [-0.2, -0.15) is 0 Å². The average molecular weight is 217 g/mol. The Balaban J connectivity index is 2.62. The van der Waals surface area contributed by atoms with E-state index >= 15 is 0 Å². The zero-order chi connectivity index (χ0) is 11.6. The van der Waals surface area contributed by atoms with E-state index in [-0.39, 0.29) is 29.4 Å². The van der Waals surface area contributed by atoms with Crippen LogP contribution in [-0.2, 0) is 9.47 Å². The second kappa shape index (κ2) is 4.45. The molecule has 1 aliphatic heterocycles. The molecule has 0 aromatic heterocycles. The van der Waals surface area contributed by atoms with Gasteiger partial charge in [0.05, 0.1) is 18.6 Å². The van der Waals surface area contributed by atoms with Gasteiger partial charge >= 0.3 is 0 Å². The smallest absolute Gasteiger partial charge is 0.209 e. The van der Waals surface area contributed by atoms with E-state index in [0.717, 1.165) is 0 Å². The van der Waals surface area contributed by atoms with Crippen LogP contribution in [0.25, 0.3) is 0 Å². The first-order valence-electron chi connectivity index (χ1n) is 5.25. The highest BCUT2D eigenvalue weighted by molar-refractivity contribution is 4.79. The number of nitrogens with zero attached hydrogens (tertiary/aromatic N) is 1. The molecule has 2 atom stereocenters. The third-order valence-electron chi connectivity index (χ3n) is 2.72. The van der Waals surface area contributed by atoms with E-state index < -0.39 is 5.79 Å². The van der Waals surface area contributed by atoms with Crippen molar-refractivity contribution in [1.82, 2.24) is 0 Å². The van der Waals surface area contributed by atoms with E-state index in [1.807, 2.05) is 27.7 Å². The Morgan fingerprint density at radius 3 is 2.47 bits per heavy atom. The quantitative estimate of drug-likeness (QED) is 0.531. The first kappa shape index (κ1) is 12.4. The lowest BCUT2D eigenvalue weighted by Crippen LogP contribution is -2.34. The summed E-state index contributed by atoms with van der Waals surface area (Å²) in [5, 5.41) is 10.5. The van der Waals surface area contributed by atoms with Crippen LogP contribution < -0.4 is 0 Å². The largest absolute Gasteiger partial charge is 0.348 e. The highest BCUT2D eigenvalue weighted by Crippen LogP contribution is 2.30. The third kappa shape index (κ3) is 3.43. The summed E-state index contributed by atoms with van der Waals surface area (Å²) in [7, 11) is 0. The zero-order valence-electron chi connectivity index (χ0n) is 9.73. The van der Waals surface area contributed by atoms with Gasteiger partial charge in [-0.15, -0.1) is 0 Å². The van der Waals surface area contributed by atoms with Crippen molar-refractivity contribution in [3.05, 3.63) is 10.1 Å². The van der Waals surface area contributed by atoms with E-state index in [0.29, 0.717) is 6.61 Å². The molecule has 0 amide bonds. The molecular weight excluding hydrogens is 198 g/mol. The van der Waals surface area contributed by atoms with E-state index in [1.165, 1.54) is 0 Å². The van der Waals surface area contributed by atoms with E-state index in [1.54, 1.807) is 0 Å². The molecule has 0 radical (unpaired) electrons. The highest BCUT2D eigenvalue weighted by Gasteiger charge is 2.40. The van der Waals surface area contributed by atoms with Crippen LogP contribution in [0.15, 0.2) is 0 Å². The Morgan fingerprint density at radius 2 is 2.13 bits per heavy atom. The molecule has 0 bridgehead atoms. The van der Waals surface area contributed by atoms with Crippen LogP contribution in [0.5, 0.6) is 0 Å². The molecule has 1 aliphatic rings. The fraction of sp³-hybridized carbons (Fsp3) is 1.00. The Kier molecular flexibility index (Phi) is 3.67. The molecule has 1 fully saturated rings. The average Bonchev–Trinajstić information content (AvgIpc) is 2.41. The molecule has 0 spiro atoms. The van der Waals surface area contributed by atoms with Crippen molar-refractivity contribution >= 4 is 0 Å². The molecule has 0 aliphatic carbocycles. The van der Waals surface area contributed by atoms with E-state index in [9.17, 15) is 10.1 Å². The van der Waals surface area contributed by atoms with Gasteiger partial charge in [-0.05, 0) is 19.8 Å². The standard InChI is InChI=1S/C10H19NO4/c1-7(2)8(5-11(12)13)9-6-14-10(3,4)15-9/h7-9H,5-6H2,1-4H3/t8-,9+/m1/s1. The Bertz CT molecular complexity index is 240. The van der Waals surface area contributed by atoms with Gasteiger partial charge in [0.15, 0.2) is 5.79 Å². The van der Waals surface area contributed by atoms with Gasteiger partial charge in [0.1, 0.15) is 0 Å². The first-order chi connectivity index (χ1) is 6.82. The van der Waals surface area contributed by atoms with Crippen LogP contribution in [-0.4, -0.2) is 30.0 Å². The monoisotopic (exact) mass is 217 g/mol. The van der Waals surface area contributed by atoms with Gasteiger partial charge in [-0.1, -0.05) is 13.8 Å². The molecule has 0 N–H and O–H groups in total. The number of nitro groups is 1. The van der Waals surface area contributed by atoms with Crippen LogP contribution in [0.2, 0.25) is 0 Å². The number of hydrogen-bond acceptors (Lipinski definition) is 4. The number of rotatable bonds is 4. The van der Waals surface area contributed by atoms with Gasteiger partial charge in [0.2, 0.25) is 6.54 Å². The van der Waals surface area contributed by atoms with Crippen molar-refractivity contribution in [1.29, 1.82) is 0 Å². The van der Waals surface area contributed by atoms with Crippen molar-refractivity contribution in [2.24, 2.45) is 11.8 Å². The molecule has 0 unspecified atom stereocenters. The first-order valence-corrected chi connectivity index (χ1v) is 5.25. The normalized spacial score (nSPS) is 26.9. The Morgan fingerprint density at radius 1 is 1.53 bits per heavy atom. The summed E-state index contributed by atoms with van der Waals surface area (Å²) in [6.07, 6.45) is -0.162. The second-order valence-corrected chi connectivity index (χ2v) is 4.79. The lowest BCUT2D eigenvalue weighted by molar-refractivity contribution is -0.492. The van der Waals surface area contributed by atoms with Gasteiger partial charge in [0.25, 0.3) is 0 Å². The maximum atomic E-state index is 10.5. The van der Waals surface area contributed by atoms with E-state index in [2.05, 4.69) is 0 Å². The summed E-state index contributed by atoms with van der Waals surface area (Å²) in [4.78, 5) is 10.3. The predicted molar refractivity (Wildman–Crippen MR) is 55.1 cm³/mol. The van der Waals surface area contributed by atoms with Crippen LogP contribution in [0.1, 0.15) is 27.7 Å². The van der Waals surface area contributed by atoms with Crippen molar-refractivity contribution in [3.63, 3.8) is 0 Å². The molecule has 0 aromatic carbocycles. The molecule has 5 nitrogen and oxygen atoms in total. The van der Waals surface area contributed by atoms with Gasteiger partial charge in [0, 0.05) is 4.92 Å². The molecule has 15 heavy (non-hydrogen) atoms. The number of hydrogen-bond donors (Lipinski definition) is 0. The summed E-state index contributed by atoms with van der Waals surface area (Å²) in [6, 6.07) is 0. The summed E-state index contributed by atoms with van der Waals surface area (Å²) in [5.74, 6) is -0.464. The molecule has 88 valence electrons. The topological polar surface area (TPSA) is 61.6 Å². The van der Waals surface area contributed by atoms with Crippen molar-refractivity contribution < 1.29 is 14.4 Å². The fourth-order valence-corrected chi connectivity index (χ4v) is 1.86. The summed E-state index contributed by atoms with van der Waals surface area (Å²) in [5.41, 5.74) is 0. The zero-order valence-corrected chi connectivity index (χ0v) is 9.73. The SMILES string of the molecule is CC(C)[C@@H](C[N+](=O)[O-])[C@@H]1COC(C)(C)O1. The van der Waals surface area contributed by atoms with Crippen LogP contribution in [0.3, 0.4) is 0 Å². The molecule has 1 rings (SSSR count). The lowest BCUT2D eigenvalue weighted by atomic mass is 9.90. The molecule has 0 saturated carbocycles. The highest BCUT2D eigenvalue weighted by atomic mass is 16.7. The maximum Gasteiger partial charge on any atom is 0.209 e. The summed E-state index contributed by atoms with van der Waals surface area (Å²) < 4.78 is 11.1. The molecular formula is C10H19NO4. The molecule has 1 heterocycles. The minimum absolute atomic E-state index is 0.0538. The maximum absolute atomic E-state index is 10.5. The molecule has 1 saturated heterocycles. The summed E-state index contributed by atoms with van der Waals surface area (Å²) >= 11 is 0. The van der Waals surface area contributed by atoms with Gasteiger partial charge < -0.3 is 9.47 Å². The third-order valence-corrected chi connectivity index (χ3v) is 2.72.